The van der Waals surface area contributed by atoms with Gasteiger partial charge in [0.2, 0.25) is 0 Å². The van der Waals surface area contributed by atoms with Gasteiger partial charge in [0.25, 0.3) is 0 Å². The van der Waals surface area contributed by atoms with Gasteiger partial charge in [0.1, 0.15) is 6.73 Å². The van der Waals surface area contributed by atoms with E-state index in [-0.39, 0.29) is 6.73 Å². The molecule has 0 unspecified atom stereocenters. The molecular weight excluding hydrogens is 56.0 g/mol. The highest BCUT2D eigenvalue weighted by molar-refractivity contribution is 3.92. The van der Waals surface area contributed by atoms with E-state index in [1.165, 1.54) is 0 Å². The van der Waals surface area contributed by atoms with Crippen molar-refractivity contribution in [3.8, 4) is 0 Å². The number of aliphatic hydroxyl groups excluding tert-OH is 1. The van der Waals surface area contributed by atoms with E-state index in [0.29, 0.717) is 0 Å². The standard InChI is InChI=1S/CH5N2O/c2-3-1-4/h4H,1-2H2. The molecule has 1 radical (unpaired) electrons. The van der Waals surface area contributed by atoms with E-state index >= 15 is 0 Å². The fourth-order valence-electron chi connectivity index (χ4n) is 0. The fraction of sp³-hybridized carbons (Fsp3) is 1.00. The average molecular weight is 61.1 g/mol. The first kappa shape index (κ1) is 3.88. The molecule has 0 aromatic heterocycles. The van der Waals surface area contributed by atoms with Crippen LogP contribution < -0.4 is 11.3 Å². The van der Waals surface area contributed by atoms with Crippen molar-refractivity contribution in [2.75, 3.05) is 6.73 Å². The van der Waals surface area contributed by atoms with Crippen LogP contribution in [-0.2, 0) is 0 Å². The fourth-order valence-corrected chi connectivity index (χ4v) is 0. The molecule has 0 saturated heterocycles. The third kappa shape index (κ3) is 1.88. The maximum Gasteiger partial charge on any atom is 0.125 e. The lowest BCUT2D eigenvalue weighted by atomic mass is 11.4. The summed E-state index contributed by atoms with van der Waals surface area (Å²) in [5.74, 6) is 4.40. The minimum atomic E-state index is -0.278. The lowest BCUT2D eigenvalue weighted by molar-refractivity contribution is 0.259. The summed E-state index contributed by atoms with van der Waals surface area (Å²) in [6.07, 6.45) is 0. The molecule has 0 heterocycles. The van der Waals surface area contributed by atoms with Crippen molar-refractivity contribution in [3.63, 3.8) is 0 Å². The van der Waals surface area contributed by atoms with Gasteiger partial charge in [0.15, 0.2) is 0 Å². The number of nitrogens with two attached hydrogens (primary N) is 1. The van der Waals surface area contributed by atoms with Crippen molar-refractivity contribution in [1.82, 2.24) is 5.43 Å². The molecule has 25 valence electrons. The van der Waals surface area contributed by atoms with Gasteiger partial charge in [-0.3, -0.25) is 5.84 Å². The molecule has 4 heavy (non-hydrogen) atoms. The van der Waals surface area contributed by atoms with Gasteiger partial charge < -0.3 is 5.11 Å². The molecule has 3 nitrogen and oxygen atoms in total. The van der Waals surface area contributed by atoms with Gasteiger partial charge in [0.05, 0.1) is 0 Å². The highest BCUT2D eigenvalue weighted by atomic mass is 16.3. The first-order valence-electron chi connectivity index (χ1n) is 0.891. The zero-order valence-corrected chi connectivity index (χ0v) is 2.18. The van der Waals surface area contributed by atoms with E-state index in [0.717, 1.165) is 0 Å². The van der Waals surface area contributed by atoms with E-state index < -0.39 is 0 Å². The van der Waals surface area contributed by atoms with Crippen molar-refractivity contribution in [3.05, 3.63) is 0 Å². The van der Waals surface area contributed by atoms with Crippen LogP contribution >= 0.6 is 0 Å². The maximum absolute atomic E-state index is 7.58. The quantitative estimate of drug-likeness (QED) is 0.284. The third-order valence-electron chi connectivity index (χ3n) is 0.0816. The van der Waals surface area contributed by atoms with Crippen LogP contribution in [0.3, 0.4) is 0 Å². The molecule has 0 rings (SSSR count). The Morgan fingerprint density at radius 3 is 2.25 bits per heavy atom. The SMILES string of the molecule is N[N]CO. The smallest absolute Gasteiger partial charge is 0.125 e. The van der Waals surface area contributed by atoms with Gasteiger partial charge in [-0.05, 0) is 0 Å². The predicted molar refractivity (Wildman–Crippen MR) is 13.4 cm³/mol. The molecule has 3 heteroatoms. The van der Waals surface area contributed by atoms with Crippen LogP contribution in [0.4, 0.5) is 0 Å². The van der Waals surface area contributed by atoms with Gasteiger partial charge >= 0.3 is 0 Å². The van der Waals surface area contributed by atoms with Crippen molar-refractivity contribution >= 4 is 0 Å². The maximum atomic E-state index is 7.58. The normalized spacial score (nSPS) is 7.50. The summed E-state index contributed by atoms with van der Waals surface area (Å²) in [7, 11) is 0. The second kappa shape index (κ2) is 2.88. The Balaban J connectivity index is 1.97. The van der Waals surface area contributed by atoms with Gasteiger partial charge in [-0.2, -0.15) is 0 Å². The molecule has 0 bridgehead atoms. The van der Waals surface area contributed by atoms with Crippen LogP contribution in [0.5, 0.6) is 0 Å². The van der Waals surface area contributed by atoms with Crippen LogP contribution in [0.2, 0.25) is 0 Å². The number of hydrogen-bond acceptors (Lipinski definition) is 2. The molecule has 0 saturated carbocycles. The van der Waals surface area contributed by atoms with Crippen LogP contribution in [0, 0.1) is 0 Å². The molecule has 0 spiro atoms. The minimum Gasteiger partial charge on any atom is -0.378 e. The summed E-state index contributed by atoms with van der Waals surface area (Å²) in [4.78, 5) is 0. The molecule has 0 aromatic carbocycles. The van der Waals surface area contributed by atoms with Crippen molar-refractivity contribution in [2.24, 2.45) is 5.84 Å². The molecular formula is CH5N2O. The van der Waals surface area contributed by atoms with Gasteiger partial charge in [-0.15, -0.1) is 5.43 Å². The number of aliphatic hydroxyl groups is 1. The van der Waals surface area contributed by atoms with E-state index in [9.17, 15) is 0 Å². The summed E-state index contributed by atoms with van der Waals surface area (Å²) in [5.41, 5.74) is 2.79. The van der Waals surface area contributed by atoms with E-state index in [1.807, 2.05) is 0 Å². The average Bonchev–Trinajstić information content (AvgIpc) is 1.37. The highest BCUT2D eigenvalue weighted by Crippen LogP contribution is 1.24. The molecule has 0 aromatic rings. The molecule has 0 fully saturated rings. The summed E-state index contributed by atoms with van der Waals surface area (Å²) in [5, 5.41) is 7.58. The highest BCUT2D eigenvalue weighted by Gasteiger charge is 1.54. The van der Waals surface area contributed by atoms with E-state index in [2.05, 4.69) is 11.3 Å². The first-order valence-corrected chi connectivity index (χ1v) is 0.891. The number of hydrogen-bond donors (Lipinski definition) is 2. The first-order chi connectivity index (χ1) is 1.91. The van der Waals surface area contributed by atoms with Crippen LogP contribution in [0.1, 0.15) is 0 Å². The van der Waals surface area contributed by atoms with Gasteiger partial charge in [0, 0.05) is 0 Å². The van der Waals surface area contributed by atoms with Crippen LogP contribution in [0.25, 0.3) is 0 Å². The third-order valence-corrected chi connectivity index (χ3v) is 0.0816. The summed E-state index contributed by atoms with van der Waals surface area (Å²) in [6.45, 7) is -0.278. The molecule has 0 atom stereocenters. The monoisotopic (exact) mass is 61.0 g/mol. The van der Waals surface area contributed by atoms with Gasteiger partial charge in [-0.25, -0.2) is 0 Å². The summed E-state index contributed by atoms with van der Waals surface area (Å²) < 4.78 is 0. The minimum absolute atomic E-state index is 0.278. The molecule has 3 N–H and O–H groups in total. The topological polar surface area (TPSA) is 60.4 Å². The summed E-state index contributed by atoms with van der Waals surface area (Å²) in [6, 6.07) is 0. The van der Waals surface area contributed by atoms with E-state index in [4.69, 9.17) is 5.11 Å². The molecule has 0 aliphatic heterocycles. The Morgan fingerprint density at radius 2 is 2.25 bits per heavy atom. The van der Waals surface area contributed by atoms with E-state index in [1.54, 1.807) is 0 Å². The molecule has 0 aliphatic carbocycles. The Kier molecular flexibility index (Phi) is 2.79. The largest absolute Gasteiger partial charge is 0.378 e. The number of rotatable bonds is 1. The van der Waals surface area contributed by atoms with Crippen molar-refractivity contribution in [2.45, 2.75) is 0 Å². The summed E-state index contributed by atoms with van der Waals surface area (Å²) >= 11 is 0. The zero-order chi connectivity index (χ0) is 3.41. The zero-order valence-electron chi connectivity index (χ0n) is 2.18. The number of nitrogens with zero attached hydrogens (tertiary/aromatic N) is 1. The second-order valence-electron chi connectivity index (χ2n) is 0.324. The van der Waals surface area contributed by atoms with Gasteiger partial charge in [-0.1, -0.05) is 0 Å². The lowest BCUT2D eigenvalue weighted by Crippen LogP contribution is -2.12. The Labute approximate surface area is 24.4 Å². The predicted octanol–water partition coefficient (Wildman–Crippen LogP) is -1.59. The van der Waals surface area contributed by atoms with Crippen molar-refractivity contribution < 1.29 is 5.11 Å². The molecule has 0 amide bonds. The Hall–Kier alpha value is -0.120. The van der Waals surface area contributed by atoms with Crippen LogP contribution in [-0.4, -0.2) is 11.8 Å². The second-order valence-corrected chi connectivity index (χ2v) is 0.324. The molecule has 0 aliphatic rings. The lowest BCUT2D eigenvalue weighted by Gasteiger charge is -1.72. The van der Waals surface area contributed by atoms with Crippen LogP contribution in [0.15, 0.2) is 0 Å². The van der Waals surface area contributed by atoms with Crippen molar-refractivity contribution in [1.29, 1.82) is 0 Å². The Bertz CT molecular complexity index is 8.00. The Morgan fingerprint density at radius 1 is 2.00 bits per heavy atom.